The van der Waals surface area contributed by atoms with E-state index in [1.54, 1.807) is 18.3 Å². The number of ketones is 1. The van der Waals surface area contributed by atoms with Crippen molar-refractivity contribution < 1.29 is 9.53 Å². The third kappa shape index (κ3) is 2.35. The van der Waals surface area contributed by atoms with Crippen LogP contribution in [0.3, 0.4) is 0 Å². The number of rotatable bonds is 4. The van der Waals surface area contributed by atoms with Crippen LogP contribution in [0.1, 0.15) is 43.0 Å². The summed E-state index contributed by atoms with van der Waals surface area (Å²) >= 11 is 0. The molecule has 3 heteroatoms. The van der Waals surface area contributed by atoms with Gasteiger partial charge in [-0.05, 0) is 25.3 Å². The highest BCUT2D eigenvalue weighted by Crippen LogP contribution is 2.23. The van der Waals surface area contributed by atoms with Gasteiger partial charge in [0.2, 0.25) is 5.88 Å². The molecule has 0 saturated heterocycles. The number of hydrogen-bond donors (Lipinski definition) is 0. The van der Waals surface area contributed by atoms with Crippen LogP contribution in [0.4, 0.5) is 0 Å². The van der Waals surface area contributed by atoms with E-state index in [0.717, 1.165) is 12.8 Å². The summed E-state index contributed by atoms with van der Waals surface area (Å²) in [6, 6.07) is 3.56. The summed E-state index contributed by atoms with van der Waals surface area (Å²) in [6.45, 7) is 1.85. The normalized spacial score (nSPS) is 15.8. The number of nitrogens with zero attached hydrogens (tertiary/aromatic N) is 1. The van der Waals surface area contributed by atoms with Crippen LogP contribution in [0.5, 0.6) is 5.88 Å². The van der Waals surface area contributed by atoms with Crippen molar-refractivity contribution in [1.82, 2.24) is 4.98 Å². The third-order valence-corrected chi connectivity index (χ3v) is 2.72. The smallest absolute Gasteiger partial charge is 0.213 e. The van der Waals surface area contributed by atoms with E-state index in [0.29, 0.717) is 24.0 Å². The number of carbonyl (C=O) groups is 1. The monoisotopic (exact) mass is 205 g/mol. The summed E-state index contributed by atoms with van der Waals surface area (Å²) < 4.78 is 5.60. The minimum absolute atomic E-state index is 0.123. The van der Waals surface area contributed by atoms with E-state index < -0.39 is 0 Å². The molecule has 1 saturated carbocycles. The maximum Gasteiger partial charge on any atom is 0.213 e. The molecule has 1 aromatic heterocycles. The van der Waals surface area contributed by atoms with Gasteiger partial charge in [0, 0.05) is 24.2 Å². The van der Waals surface area contributed by atoms with Gasteiger partial charge in [0.1, 0.15) is 6.10 Å². The molecule has 1 aliphatic carbocycles. The summed E-state index contributed by atoms with van der Waals surface area (Å²) in [5.41, 5.74) is 0.665. The fourth-order valence-corrected chi connectivity index (χ4v) is 1.48. The van der Waals surface area contributed by atoms with E-state index >= 15 is 0 Å². The van der Waals surface area contributed by atoms with Gasteiger partial charge in [-0.3, -0.25) is 4.79 Å². The molecule has 1 aliphatic rings. The van der Waals surface area contributed by atoms with Crippen molar-refractivity contribution >= 4 is 5.78 Å². The maximum atomic E-state index is 11.3. The first-order chi connectivity index (χ1) is 7.29. The van der Waals surface area contributed by atoms with E-state index in [-0.39, 0.29) is 5.78 Å². The number of ether oxygens (including phenoxy) is 1. The Hall–Kier alpha value is -1.38. The van der Waals surface area contributed by atoms with Crippen molar-refractivity contribution in [3.8, 4) is 5.88 Å². The van der Waals surface area contributed by atoms with E-state index in [1.165, 1.54) is 6.42 Å². The van der Waals surface area contributed by atoms with Gasteiger partial charge in [0.15, 0.2) is 5.78 Å². The van der Waals surface area contributed by atoms with Gasteiger partial charge in [0.25, 0.3) is 0 Å². The highest BCUT2D eigenvalue weighted by molar-refractivity contribution is 5.95. The molecule has 1 fully saturated rings. The topological polar surface area (TPSA) is 39.2 Å². The van der Waals surface area contributed by atoms with Gasteiger partial charge < -0.3 is 4.74 Å². The first-order valence-corrected chi connectivity index (χ1v) is 5.45. The molecular formula is C12H15NO2. The van der Waals surface area contributed by atoms with Gasteiger partial charge in [0.05, 0.1) is 0 Å². The molecule has 3 nitrogen and oxygen atoms in total. The van der Waals surface area contributed by atoms with Crippen molar-refractivity contribution in [3.63, 3.8) is 0 Å². The molecule has 0 amide bonds. The molecule has 0 atom stereocenters. The van der Waals surface area contributed by atoms with Crippen LogP contribution in [0, 0.1) is 0 Å². The van der Waals surface area contributed by atoms with Crippen molar-refractivity contribution in [2.75, 3.05) is 0 Å². The zero-order chi connectivity index (χ0) is 10.7. The minimum Gasteiger partial charge on any atom is -0.474 e. The fourth-order valence-electron chi connectivity index (χ4n) is 1.48. The van der Waals surface area contributed by atoms with Crippen LogP contribution < -0.4 is 4.74 Å². The van der Waals surface area contributed by atoms with Gasteiger partial charge >= 0.3 is 0 Å². The second-order valence-electron chi connectivity index (χ2n) is 3.83. The van der Waals surface area contributed by atoms with Crippen LogP contribution in [0.15, 0.2) is 18.3 Å². The molecule has 1 aromatic rings. The molecule has 0 unspecified atom stereocenters. The lowest BCUT2D eigenvalue weighted by Crippen LogP contribution is -2.24. The first-order valence-electron chi connectivity index (χ1n) is 5.45. The van der Waals surface area contributed by atoms with Crippen molar-refractivity contribution in [3.05, 3.63) is 23.9 Å². The summed E-state index contributed by atoms with van der Waals surface area (Å²) in [6.07, 6.45) is 5.95. The Morgan fingerprint density at radius 3 is 2.80 bits per heavy atom. The Kier molecular flexibility index (Phi) is 2.99. The number of pyridine rings is 1. The highest BCUT2D eigenvalue weighted by Gasteiger charge is 2.19. The standard InChI is InChI=1S/C12H15NO2/c1-2-11(14)9-6-7-12(13-8-9)15-10-4-3-5-10/h6-8,10H,2-5H2,1H3. The molecule has 1 heterocycles. The summed E-state index contributed by atoms with van der Waals surface area (Å²) in [7, 11) is 0. The Morgan fingerprint density at radius 2 is 2.33 bits per heavy atom. The quantitative estimate of drug-likeness (QED) is 0.709. The van der Waals surface area contributed by atoms with Crippen LogP contribution in [-0.2, 0) is 0 Å². The lowest BCUT2D eigenvalue weighted by Gasteiger charge is -2.25. The van der Waals surface area contributed by atoms with Crippen LogP contribution in [-0.4, -0.2) is 16.9 Å². The molecule has 0 spiro atoms. The number of hydrogen-bond acceptors (Lipinski definition) is 3. The Labute approximate surface area is 89.5 Å². The molecule has 0 N–H and O–H groups in total. The molecule has 80 valence electrons. The summed E-state index contributed by atoms with van der Waals surface area (Å²) in [5, 5.41) is 0. The van der Waals surface area contributed by atoms with E-state index in [1.807, 2.05) is 6.92 Å². The van der Waals surface area contributed by atoms with Crippen molar-refractivity contribution in [2.24, 2.45) is 0 Å². The molecule has 0 aromatic carbocycles. The molecular weight excluding hydrogens is 190 g/mol. The molecule has 0 bridgehead atoms. The molecule has 15 heavy (non-hydrogen) atoms. The summed E-state index contributed by atoms with van der Waals surface area (Å²) in [4.78, 5) is 15.5. The highest BCUT2D eigenvalue weighted by atomic mass is 16.5. The maximum absolute atomic E-state index is 11.3. The van der Waals surface area contributed by atoms with Gasteiger partial charge in [-0.1, -0.05) is 6.92 Å². The van der Waals surface area contributed by atoms with Crippen LogP contribution >= 0.6 is 0 Å². The first kappa shape index (κ1) is 10.1. The zero-order valence-electron chi connectivity index (χ0n) is 8.90. The molecule has 0 aliphatic heterocycles. The zero-order valence-corrected chi connectivity index (χ0v) is 8.90. The van der Waals surface area contributed by atoms with Gasteiger partial charge in [-0.25, -0.2) is 4.98 Å². The number of carbonyl (C=O) groups excluding carboxylic acids is 1. The SMILES string of the molecule is CCC(=O)c1ccc(OC2CCC2)nc1. The van der Waals surface area contributed by atoms with Gasteiger partial charge in [-0.15, -0.1) is 0 Å². The van der Waals surface area contributed by atoms with E-state index in [2.05, 4.69) is 4.98 Å². The molecule has 0 radical (unpaired) electrons. The molecule has 2 rings (SSSR count). The third-order valence-electron chi connectivity index (χ3n) is 2.72. The van der Waals surface area contributed by atoms with Gasteiger partial charge in [-0.2, -0.15) is 0 Å². The second-order valence-corrected chi connectivity index (χ2v) is 3.83. The number of Topliss-reactive ketones (excluding diaryl/α,β-unsaturated/α-hetero) is 1. The average molecular weight is 205 g/mol. The Balaban J connectivity index is 1.99. The second kappa shape index (κ2) is 4.43. The minimum atomic E-state index is 0.123. The van der Waals surface area contributed by atoms with E-state index in [9.17, 15) is 4.79 Å². The predicted octanol–water partition coefficient (Wildman–Crippen LogP) is 2.61. The predicted molar refractivity (Wildman–Crippen MR) is 57.1 cm³/mol. The number of aromatic nitrogens is 1. The van der Waals surface area contributed by atoms with Crippen molar-refractivity contribution in [2.45, 2.75) is 38.7 Å². The van der Waals surface area contributed by atoms with Crippen molar-refractivity contribution in [1.29, 1.82) is 0 Å². The Bertz CT molecular complexity index is 341. The Morgan fingerprint density at radius 1 is 1.53 bits per heavy atom. The summed E-state index contributed by atoms with van der Waals surface area (Å²) in [5.74, 6) is 0.755. The van der Waals surface area contributed by atoms with E-state index in [4.69, 9.17) is 4.74 Å². The van der Waals surface area contributed by atoms with Crippen LogP contribution in [0.25, 0.3) is 0 Å². The average Bonchev–Trinajstić information content (AvgIpc) is 2.23. The van der Waals surface area contributed by atoms with Crippen LogP contribution in [0.2, 0.25) is 0 Å². The lowest BCUT2D eigenvalue weighted by atomic mass is 9.96. The fraction of sp³-hybridized carbons (Fsp3) is 0.500. The largest absolute Gasteiger partial charge is 0.474 e. The lowest BCUT2D eigenvalue weighted by molar-refractivity contribution is 0.0987.